The number of nitro groups is 1. The summed E-state index contributed by atoms with van der Waals surface area (Å²) in [5.41, 5.74) is -0.797. The van der Waals surface area contributed by atoms with Crippen molar-refractivity contribution in [3.05, 3.63) is 33.9 Å². The Morgan fingerprint density at radius 3 is 2.47 bits per heavy atom. The summed E-state index contributed by atoms with van der Waals surface area (Å²) in [7, 11) is 0. The zero-order chi connectivity index (χ0) is 13.0. The average molecular weight is 249 g/mol. The Hall–Kier alpha value is -2.12. The highest BCUT2D eigenvalue weighted by atomic mass is 19.3. The summed E-state index contributed by atoms with van der Waals surface area (Å²) >= 11 is 0. The van der Waals surface area contributed by atoms with Crippen LogP contribution in [0.5, 0.6) is 5.75 Å². The molecule has 1 atom stereocenters. The number of carbonyl (C=O) groups excluding carboxylic acids is 1. The van der Waals surface area contributed by atoms with Crippen LogP contribution in [0.1, 0.15) is 10.4 Å². The Bertz CT molecular complexity index is 438. The monoisotopic (exact) mass is 249 g/mol. The summed E-state index contributed by atoms with van der Waals surface area (Å²) in [6.07, 6.45) is -6.05. The first kappa shape index (κ1) is 12.9. The number of ether oxygens (including phenoxy) is 1. The van der Waals surface area contributed by atoms with Gasteiger partial charge in [0.25, 0.3) is 6.36 Å². The second-order valence-electron chi connectivity index (χ2n) is 2.91. The minimum absolute atomic E-state index is 0.0449. The molecule has 8 heteroatoms. The summed E-state index contributed by atoms with van der Waals surface area (Å²) in [6.45, 7) is 0. The highest BCUT2D eigenvalue weighted by molar-refractivity contribution is 5.77. The van der Waals surface area contributed by atoms with E-state index in [-0.39, 0.29) is 5.56 Å². The number of carbonyl (C=O) groups is 1. The molecule has 5 nitrogen and oxygen atoms in total. The van der Waals surface area contributed by atoms with Crippen molar-refractivity contribution in [3.63, 3.8) is 0 Å². The van der Waals surface area contributed by atoms with E-state index in [1.807, 2.05) is 0 Å². The maximum atomic E-state index is 12.6. The van der Waals surface area contributed by atoms with Crippen LogP contribution in [0.25, 0.3) is 0 Å². The molecule has 0 fully saturated rings. The molecule has 1 aromatic rings. The number of nitrogens with zero attached hydrogens (tertiary/aromatic N) is 1. The first-order chi connectivity index (χ1) is 7.95. The Balaban J connectivity index is 3.06. The molecule has 1 unspecified atom stereocenters. The van der Waals surface area contributed by atoms with Crippen molar-refractivity contribution in [1.82, 2.24) is 0 Å². The number of rotatable bonds is 5. The van der Waals surface area contributed by atoms with E-state index in [1.165, 1.54) is 0 Å². The minimum Gasteiger partial charge on any atom is -0.447 e. The van der Waals surface area contributed by atoms with Gasteiger partial charge in [0.05, 0.1) is 4.92 Å². The van der Waals surface area contributed by atoms with E-state index in [0.717, 1.165) is 18.2 Å². The number of aldehydes is 1. The van der Waals surface area contributed by atoms with Crippen LogP contribution in [0.2, 0.25) is 0 Å². The van der Waals surface area contributed by atoms with Crippen molar-refractivity contribution in [2.45, 2.75) is 12.8 Å². The average Bonchev–Trinajstić information content (AvgIpc) is 2.29. The molecule has 17 heavy (non-hydrogen) atoms. The standard InChI is InChI=1S/C9H6F3NO4/c10-8(11)9(12)17-7-2-1-5(4-14)3-6(7)13(15)16/h1-4,8-9H. The van der Waals surface area contributed by atoms with E-state index >= 15 is 0 Å². The van der Waals surface area contributed by atoms with Crippen LogP contribution in [-0.2, 0) is 0 Å². The lowest BCUT2D eigenvalue weighted by Crippen LogP contribution is -2.20. The van der Waals surface area contributed by atoms with Gasteiger partial charge in [-0.1, -0.05) is 0 Å². The summed E-state index contributed by atoms with van der Waals surface area (Å²) in [5.74, 6) is -0.659. The highest BCUT2D eigenvalue weighted by Crippen LogP contribution is 2.29. The van der Waals surface area contributed by atoms with E-state index in [9.17, 15) is 28.1 Å². The molecule has 0 saturated carbocycles. The number of nitro benzene ring substituents is 1. The van der Waals surface area contributed by atoms with Gasteiger partial charge < -0.3 is 4.74 Å². The largest absolute Gasteiger partial charge is 0.447 e. The summed E-state index contributed by atoms with van der Waals surface area (Å²) in [6, 6.07) is 2.78. The van der Waals surface area contributed by atoms with E-state index in [4.69, 9.17) is 0 Å². The molecule has 0 aliphatic heterocycles. The topological polar surface area (TPSA) is 69.4 Å². The summed E-state index contributed by atoms with van der Waals surface area (Å²) in [5, 5.41) is 10.5. The summed E-state index contributed by atoms with van der Waals surface area (Å²) < 4.78 is 40.4. The SMILES string of the molecule is O=Cc1ccc(OC(F)C(F)F)c([N+](=O)[O-])c1. The molecular weight excluding hydrogens is 243 g/mol. The van der Waals surface area contributed by atoms with Gasteiger partial charge >= 0.3 is 12.1 Å². The van der Waals surface area contributed by atoms with Crippen LogP contribution in [0.15, 0.2) is 18.2 Å². The van der Waals surface area contributed by atoms with Crippen molar-refractivity contribution in [3.8, 4) is 5.75 Å². The number of hydrogen-bond donors (Lipinski definition) is 0. The van der Waals surface area contributed by atoms with Gasteiger partial charge in [0, 0.05) is 11.6 Å². The van der Waals surface area contributed by atoms with Gasteiger partial charge in [-0.05, 0) is 12.1 Å². The fraction of sp³-hybridized carbons (Fsp3) is 0.222. The minimum atomic E-state index is -3.42. The number of hydrogen-bond acceptors (Lipinski definition) is 4. The fourth-order valence-electron chi connectivity index (χ4n) is 1.02. The molecule has 0 amide bonds. The van der Waals surface area contributed by atoms with Crippen LogP contribution in [0.4, 0.5) is 18.9 Å². The Morgan fingerprint density at radius 2 is 2.00 bits per heavy atom. The zero-order valence-corrected chi connectivity index (χ0v) is 8.18. The van der Waals surface area contributed by atoms with Crippen LogP contribution in [0, 0.1) is 10.1 Å². The maximum Gasteiger partial charge on any atom is 0.311 e. The normalized spacial score (nSPS) is 12.2. The first-order valence-electron chi connectivity index (χ1n) is 4.28. The van der Waals surface area contributed by atoms with E-state index in [2.05, 4.69) is 4.74 Å². The van der Waals surface area contributed by atoms with Crippen LogP contribution < -0.4 is 4.74 Å². The first-order valence-corrected chi connectivity index (χ1v) is 4.28. The van der Waals surface area contributed by atoms with Gasteiger partial charge in [-0.3, -0.25) is 14.9 Å². The van der Waals surface area contributed by atoms with E-state index in [1.54, 1.807) is 0 Å². The zero-order valence-electron chi connectivity index (χ0n) is 8.18. The number of halogens is 3. The smallest absolute Gasteiger partial charge is 0.311 e. The van der Waals surface area contributed by atoms with Crippen molar-refractivity contribution >= 4 is 12.0 Å². The number of benzene rings is 1. The van der Waals surface area contributed by atoms with Gasteiger partial charge in [0.2, 0.25) is 5.75 Å². The lowest BCUT2D eigenvalue weighted by Gasteiger charge is -2.10. The molecule has 0 aliphatic carbocycles. The van der Waals surface area contributed by atoms with Crippen LogP contribution >= 0.6 is 0 Å². The molecule has 0 saturated heterocycles. The maximum absolute atomic E-state index is 12.6. The molecule has 92 valence electrons. The Labute approximate surface area is 93.0 Å². The van der Waals surface area contributed by atoms with Gasteiger partial charge in [0.1, 0.15) is 6.29 Å². The summed E-state index contributed by atoms with van der Waals surface area (Å²) in [4.78, 5) is 19.9. The van der Waals surface area contributed by atoms with Gasteiger partial charge in [-0.15, -0.1) is 0 Å². The molecule has 1 rings (SSSR count). The lowest BCUT2D eigenvalue weighted by molar-refractivity contribution is -0.386. The third kappa shape index (κ3) is 3.16. The molecule has 0 spiro atoms. The highest BCUT2D eigenvalue weighted by Gasteiger charge is 2.25. The quantitative estimate of drug-likeness (QED) is 0.456. The molecule has 0 bridgehead atoms. The number of alkyl halides is 3. The van der Waals surface area contributed by atoms with Crippen LogP contribution in [0.3, 0.4) is 0 Å². The molecule has 0 N–H and O–H groups in total. The van der Waals surface area contributed by atoms with Crippen molar-refractivity contribution in [2.75, 3.05) is 0 Å². The van der Waals surface area contributed by atoms with E-state index in [0.29, 0.717) is 6.29 Å². The van der Waals surface area contributed by atoms with Gasteiger partial charge in [-0.25, -0.2) is 8.78 Å². The van der Waals surface area contributed by atoms with Gasteiger partial charge in [0.15, 0.2) is 0 Å². The third-order valence-electron chi connectivity index (χ3n) is 1.75. The molecule has 0 aliphatic rings. The lowest BCUT2D eigenvalue weighted by atomic mass is 10.2. The molecule has 1 aromatic carbocycles. The molecule has 0 heterocycles. The predicted octanol–water partition coefficient (Wildman–Crippen LogP) is 2.35. The second-order valence-corrected chi connectivity index (χ2v) is 2.91. The van der Waals surface area contributed by atoms with Crippen molar-refractivity contribution in [2.24, 2.45) is 0 Å². The van der Waals surface area contributed by atoms with Gasteiger partial charge in [-0.2, -0.15) is 4.39 Å². The molecule has 0 radical (unpaired) electrons. The van der Waals surface area contributed by atoms with E-state index < -0.39 is 29.1 Å². The predicted molar refractivity (Wildman–Crippen MR) is 50.0 cm³/mol. The molecule has 0 aromatic heterocycles. The fourth-order valence-corrected chi connectivity index (χ4v) is 1.02. The Kier molecular flexibility index (Phi) is 4.02. The second kappa shape index (κ2) is 5.28. The third-order valence-corrected chi connectivity index (χ3v) is 1.75. The van der Waals surface area contributed by atoms with Crippen LogP contribution in [-0.4, -0.2) is 24.0 Å². The molecular formula is C9H6F3NO4. The van der Waals surface area contributed by atoms with Crippen molar-refractivity contribution < 1.29 is 27.6 Å². The van der Waals surface area contributed by atoms with Crippen molar-refractivity contribution in [1.29, 1.82) is 0 Å². The Morgan fingerprint density at radius 1 is 1.35 bits per heavy atom.